The molecule has 2 aliphatic carbocycles. The van der Waals surface area contributed by atoms with Gasteiger partial charge in [-0.25, -0.2) is 14.8 Å². The predicted molar refractivity (Wildman–Crippen MR) is 154 cm³/mol. The Morgan fingerprint density at radius 2 is 2.00 bits per heavy atom. The summed E-state index contributed by atoms with van der Waals surface area (Å²) in [5.74, 6) is 5.92. The summed E-state index contributed by atoms with van der Waals surface area (Å²) in [4.78, 5) is 37.6. The molecule has 4 rings (SSSR count). The standard InChI is InChI=1S/C31H39N3O4S/c1-20-9-12-25(21(2)17-20)29(35)34(26-18-24(13-15-31(3,4)5)39-28(26)30(36)37)22-7-6-8-23(11-10-22)38-27-14-16-32-19-33-27/h9,14,16,18-19,21-23,25H,6-8,10-12,17H2,1-5H3,(H,36,37)/t21-,22+,23+,25?/m0/s1. The summed E-state index contributed by atoms with van der Waals surface area (Å²) in [6.45, 7) is 10.3. The summed E-state index contributed by atoms with van der Waals surface area (Å²) in [6, 6.07) is 3.45. The van der Waals surface area contributed by atoms with E-state index in [9.17, 15) is 14.7 Å². The van der Waals surface area contributed by atoms with Gasteiger partial charge in [-0.1, -0.05) is 30.4 Å². The molecule has 1 fully saturated rings. The Bertz CT molecular complexity index is 1270. The summed E-state index contributed by atoms with van der Waals surface area (Å²) >= 11 is 1.16. The molecule has 7 nitrogen and oxygen atoms in total. The van der Waals surface area contributed by atoms with Gasteiger partial charge in [0, 0.05) is 29.6 Å². The van der Waals surface area contributed by atoms with Crippen LogP contribution in [-0.4, -0.2) is 39.1 Å². The Morgan fingerprint density at radius 3 is 2.67 bits per heavy atom. The average molecular weight is 550 g/mol. The topological polar surface area (TPSA) is 92.6 Å². The van der Waals surface area contributed by atoms with E-state index in [2.05, 4.69) is 41.7 Å². The van der Waals surface area contributed by atoms with Gasteiger partial charge >= 0.3 is 5.97 Å². The monoisotopic (exact) mass is 549 g/mol. The molecule has 208 valence electrons. The molecule has 0 spiro atoms. The van der Waals surface area contributed by atoms with Crippen LogP contribution in [0, 0.1) is 29.1 Å². The number of thiophene rings is 1. The number of hydrogen-bond acceptors (Lipinski definition) is 6. The number of carbonyl (C=O) groups is 2. The molecule has 0 radical (unpaired) electrons. The molecule has 4 atom stereocenters. The van der Waals surface area contributed by atoms with E-state index >= 15 is 0 Å². The zero-order valence-electron chi connectivity index (χ0n) is 23.6. The van der Waals surface area contributed by atoms with Crippen LogP contribution < -0.4 is 9.64 Å². The van der Waals surface area contributed by atoms with E-state index in [0.717, 1.165) is 49.9 Å². The molecular formula is C31H39N3O4S. The zero-order valence-corrected chi connectivity index (χ0v) is 24.4. The highest BCUT2D eigenvalue weighted by molar-refractivity contribution is 7.15. The second kappa shape index (κ2) is 12.3. The van der Waals surface area contributed by atoms with Gasteiger partial charge in [0.15, 0.2) is 0 Å². The van der Waals surface area contributed by atoms with Crippen molar-refractivity contribution in [3.63, 3.8) is 0 Å². The minimum absolute atomic E-state index is 0.0158. The van der Waals surface area contributed by atoms with Gasteiger partial charge in [-0.15, -0.1) is 11.3 Å². The predicted octanol–water partition coefficient (Wildman–Crippen LogP) is 6.74. The smallest absolute Gasteiger partial charge is 0.348 e. The Balaban J connectivity index is 1.68. The third-order valence-electron chi connectivity index (χ3n) is 7.43. The number of nitrogens with zero attached hydrogens (tertiary/aromatic N) is 3. The van der Waals surface area contributed by atoms with Gasteiger partial charge in [0.25, 0.3) is 0 Å². The van der Waals surface area contributed by atoms with Crippen LogP contribution in [-0.2, 0) is 4.79 Å². The lowest BCUT2D eigenvalue weighted by molar-refractivity contribution is -0.124. The van der Waals surface area contributed by atoms with Crippen molar-refractivity contribution in [3.8, 4) is 17.7 Å². The molecule has 8 heteroatoms. The van der Waals surface area contributed by atoms with Crippen molar-refractivity contribution in [1.82, 2.24) is 9.97 Å². The Hall–Kier alpha value is -3.18. The third-order valence-corrected chi connectivity index (χ3v) is 8.45. The van der Waals surface area contributed by atoms with Crippen LogP contribution in [0.5, 0.6) is 5.88 Å². The largest absolute Gasteiger partial charge is 0.477 e. The minimum Gasteiger partial charge on any atom is -0.477 e. The lowest BCUT2D eigenvalue weighted by Gasteiger charge is -2.37. The van der Waals surface area contributed by atoms with Crippen molar-refractivity contribution >= 4 is 28.9 Å². The molecular weight excluding hydrogens is 510 g/mol. The van der Waals surface area contributed by atoms with E-state index in [0.29, 0.717) is 22.9 Å². The summed E-state index contributed by atoms with van der Waals surface area (Å²) in [5.41, 5.74) is 1.57. The molecule has 1 amide bonds. The Kier molecular flexibility index (Phi) is 9.12. The number of carbonyl (C=O) groups excluding carboxylic acids is 1. The van der Waals surface area contributed by atoms with Crippen molar-refractivity contribution in [2.75, 3.05) is 4.90 Å². The molecule has 0 aliphatic heterocycles. The molecule has 0 aromatic carbocycles. The van der Waals surface area contributed by atoms with Crippen LogP contribution >= 0.6 is 11.3 Å². The quantitative estimate of drug-likeness (QED) is 0.244. The van der Waals surface area contributed by atoms with Gasteiger partial charge in [0.1, 0.15) is 17.3 Å². The number of aromatic nitrogens is 2. The molecule has 2 aliphatic rings. The van der Waals surface area contributed by atoms with Crippen LogP contribution in [0.4, 0.5) is 5.69 Å². The molecule has 2 heterocycles. The summed E-state index contributed by atoms with van der Waals surface area (Å²) in [5, 5.41) is 10.2. The van der Waals surface area contributed by atoms with Crippen molar-refractivity contribution in [1.29, 1.82) is 0 Å². The Morgan fingerprint density at radius 1 is 1.21 bits per heavy atom. The van der Waals surface area contributed by atoms with Crippen LogP contribution in [0.2, 0.25) is 0 Å². The number of ether oxygens (including phenoxy) is 1. The minimum atomic E-state index is -1.03. The van der Waals surface area contributed by atoms with Gasteiger partial charge in [-0.3, -0.25) is 4.79 Å². The SMILES string of the molecule is CC1=CCC(C(=O)N(c2cc(C#CC(C)(C)C)sc2C(=O)O)[C@@H]2CCC[C@@H](Oc3ccncn3)CC2)[C@@H](C)C1. The maximum Gasteiger partial charge on any atom is 0.348 e. The van der Waals surface area contributed by atoms with Crippen LogP contribution in [0.25, 0.3) is 0 Å². The van der Waals surface area contributed by atoms with Crippen LogP contribution in [0.3, 0.4) is 0 Å². The average Bonchev–Trinajstić information content (AvgIpc) is 3.17. The van der Waals surface area contributed by atoms with E-state index < -0.39 is 5.97 Å². The summed E-state index contributed by atoms with van der Waals surface area (Å²) in [7, 11) is 0. The lowest BCUT2D eigenvalue weighted by Crippen LogP contribution is -2.46. The van der Waals surface area contributed by atoms with Gasteiger partial charge in [-0.05, 0) is 84.6 Å². The molecule has 39 heavy (non-hydrogen) atoms. The number of anilines is 1. The van der Waals surface area contributed by atoms with Gasteiger partial charge in [-0.2, -0.15) is 0 Å². The second-order valence-corrected chi connectivity index (χ2v) is 12.9. The second-order valence-electron chi connectivity index (χ2n) is 11.9. The van der Waals surface area contributed by atoms with Crippen molar-refractivity contribution < 1.29 is 19.4 Å². The maximum atomic E-state index is 14.3. The Labute approximate surface area is 235 Å². The van der Waals surface area contributed by atoms with E-state index in [1.54, 1.807) is 12.3 Å². The maximum absolute atomic E-state index is 14.3. The first-order valence-electron chi connectivity index (χ1n) is 13.8. The number of carboxylic acids is 1. The fourth-order valence-electron chi connectivity index (χ4n) is 5.48. The summed E-state index contributed by atoms with van der Waals surface area (Å²) in [6.07, 6.45) is 10.8. The molecule has 2 aromatic rings. The highest BCUT2D eigenvalue weighted by Gasteiger charge is 2.38. The number of rotatable bonds is 6. The van der Waals surface area contributed by atoms with Crippen molar-refractivity contribution in [3.05, 3.63) is 46.1 Å². The molecule has 1 unspecified atom stereocenters. The van der Waals surface area contributed by atoms with Gasteiger partial charge < -0.3 is 14.7 Å². The normalized spacial score (nSPS) is 23.6. The highest BCUT2D eigenvalue weighted by atomic mass is 32.1. The molecule has 0 bridgehead atoms. The first kappa shape index (κ1) is 28.8. The zero-order chi connectivity index (χ0) is 28.2. The van der Waals surface area contributed by atoms with Gasteiger partial charge in [0.05, 0.1) is 10.6 Å². The molecule has 1 saturated carbocycles. The molecule has 1 N–H and O–H groups in total. The number of aromatic carboxylic acids is 1. The van der Waals surface area contributed by atoms with E-state index in [-0.39, 0.29) is 40.2 Å². The highest BCUT2D eigenvalue weighted by Crippen LogP contribution is 2.39. The summed E-state index contributed by atoms with van der Waals surface area (Å²) < 4.78 is 6.13. The number of amides is 1. The van der Waals surface area contributed by atoms with Crippen molar-refractivity contribution in [2.24, 2.45) is 17.3 Å². The fraction of sp³-hybridized carbons (Fsp3) is 0.548. The number of carboxylic acid groups (broad SMARTS) is 1. The van der Waals surface area contributed by atoms with E-state index in [4.69, 9.17) is 4.74 Å². The number of allylic oxidation sites excluding steroid dienone is 2. The number of hydrogen-bond donors (Lipinski definition) is 1. The fourth-order valence-corrected chi connectivity index (χ4v) is 6.32. The molecule has 2 aromatic heterocycles. The van der Waals surface area contributed by atoms with Crippen LogP contribution in [0.15, 0.2) is 36.3 Å². The van der Waals surface area contributed by atoms with E-state index in [1.165, 1.54) is 11.9 Å². The first-order chi connectivity index (χ1) is 18.5. The first-order valence-corrected chi connectivity index (χ1v) is 14.6. The van der Waals surface area contributed by atoms with E-state index in [1.807, 2.05) is 31.7 Å². The molecule has 0 saturated heterocycles. The van der Waals surface area contributed by atoms with Crippen molar-refractivity contribution in [2.45, 2.75) is 91.7 Å². The van der Waals surface area contributed by atoms with Crippen LogP contribution in [0.1, 0.15) is 94.1 Å². The van der Waals surface area contributed by atoms with Gasteiger partial charge in [0.2, 0.25) is 11.8 Å². The third kappa shape index (κ3) is 7.48. The lowest BCUT2D eigenvalue weighted by atomic mass is 9.80.